The van der Waals surface area contributed by atoms with Crippen LogP contribution in [0.15, 0.2) is 66.5 Å². The Balaban J connectivity index is 1.47. The van der Waals surface area contributed by atoms with Crippen molar-refractivity contribution in [1.82, 2.24) is 14.9 Å². The molecule has 34 heavy (non-hydrogen) atoms. The summed E-state index contributed by atoms with van der Waals surface area (Å²) in [7, 11) is 5.38. The van der Waals surface area contributed by atoms with Gasteiger partial charge < -0.3 is 24.6 Å². The van der Waals surface area contributed by atoms with Crippen LogP contribution in [-0.4, -0.2) is 73.5 Å². The van der Waals surface area contributed by atoms with Crippen LogP contribution < -0.4 is 9.64 Å². The number of carbonyl (C=O) groups is 1. The highest BCUT2D eigenvalue weighted by molar-refractivity contribution is 5.92. The highest BCUT2D eigenvalue weighted by Gasteiger charge is 2.35. The molecule has 4 rings (SSSR count). The van der Waals surface area contributed by atoms with Crippen LogP contribution in [0.1, 0.15) is 24.0 Å². The smallest absolute Gasteiger partial charge is 0.246 e. The molecule has 0 unspecified atom stereocenters. The Morgan fingerprint density at radius 1 is 1.21 bits per heavy atom. The van der Waals surface area contributed by atoms with Crippen molar-refractivity contribution in [3.8, 4) is 5.75 Å². The van der Waals surface area contributed by atoms with Crippen LogP contribution in [0.3, 0.4) is 0 Å². The second-order valence-electron chi connectivity index (χ2n) is 9.20. The topological polar surface area (TPSA) is 59.5 Å². The predicted molar refractivity (Wildman–Crippen MR) is 135 cm³/mol. The van der Waals surface area contributed by atoms with Crippen LogP contribution in [0.4, 0.5) is 5.69 Å². The summed E-state index contributed by atoms with van der Waals surface area (Å²) in [6.45, 7) is 4.63. The number of likely N-dealkylation sites (tertiary alicyclic amines) is 1. The third-order valence-electron chi connectivity index (χ3n) is 6.72. The van der Waals surface area contributed by atoms with Crippen molar-refractivity contribution in [2.24, 2.45) is 5.92 Å². The van der Waals surface area contributed by atoms with Gasteiger partial charge in [0.2, 0.25) is 5.91 Å². The fourth-order valence-corrected chi connectivity index (χ4v) is 4.81. The number of amides is 1. The maximum Gasteiger partial charge on any atom is 0.246 e. The van der Waals surface area contributed by atoms with Crippen LogP contribution in [0, 0.1) is 5.92 Å². The number of benzene rings is 2. The lowest BCUT2D eigenvalue weighted by atomic mass is 9.89. The Morgan fingerprint density at radius 3 is 2.62 bits per heavy atom. The molecule has 2 aliphatic heterocycles. The van der Waals surface area contributed by atoms with E-state index in [2.05, 4.69) is 42.1 Å². The monoisotopic (exact) mass is 462 g/mol. The van der Waals surface area contributed by atoms with Gasteiger partial charge in [-0.15, -0.1) is 0 Å². The minimum atomic E-state index is -0.0215. The van der Waals surface area contributed by atoms with Crippen molar-refractivity contribution in [2.75, 3.05) is 52.4 Å². The van der Waals surface area contributed by atoms with E-state index in [9.17, 15) is 10.0 Å². The lowest BCUT2D eigenvalue weighted by Crippen LogP contribution is -2.29. The van der Waals surface area contributed by atoms with Crippen molar-refractivity contribution < 1.29 is 14.7 Å². The van der Waals surface area contributed by atoms with E-state index < -0.39 is 0 Å². The van der Waals surface area contributed by atoms with E-state index in [0.717, 1.165) is 23.7 Å². The predicted octanol–water partition coefficient (Wildman–Crippen LogP) is 3.84. The molecule has 2 aliphatic rings. The minimum Gasteiger partial charge on any atom is -0.495 e. The molecule has 0 saturated carbocycles. The number of methoxy groups -OCH3 is 1. The third kappa shape index (κ3) is 5.26. The standard InChI is InChI=1S/C27H34N4O3/c1-20-15-31(19-28(20)2)25-12-10-21(14-26(25)34-4)11-13-27(32)30-17-23(16-29(3)33)24(18-30)22-8-6-5-7-9-22/h5-15,23-24,33H,16-19H2,1-4H3/b13-11+/t23-,24+/m1/s1. The van der Waals surface area contributed by atoms with Gasteiger partial charge in [0.15, 0.2) is 0 Å². The highest BCUT2D eigenvalue weighted by atomic mass is 16.5. The molecule has 7 nitrogen and oxygen atoms in total. The van der Waals surface area contributed by atoms with Gasteiger partial charge in [-0.05, 0) is 36.3 Å². The molecule has 1 saturated heterocycles. The Kier molecular flexibility index (Phi) is 7.24. The van der Waals surface area contributed by atoms with Crippen molar-refractivity contribution >= 4 is 17.7 Å². The van der Waals surface area contributed by atoms with E-state index in [4.69, 9.17) is 4.74 Å². The molecule has 0 radical (unpaired) electrons. The Bertz CT molecular complexity index is 1070. The van der Waals surface area contributed by atoms with Crippen molar-refractivity contribution in [3.63, 3.8) is 0 Å². The van der Waals surface area contributed by atoms with Crippen LogP contribution in [0.5, 0.6) is 5.75 Å². The van der Waals surface area contributed by atoms with Crippen molar-refractivity contribution in [1.29, 1.82) is 0 Å². The quantitative estimate of drug-likeness (QED) is 0.498. The first-order valence-electron chi connectivity index (χ1n) is 11.6. The maximum atomic E-state index is 13.0. The van der Waals surface area contributed by atoms with E-state index in [0.29, 0.717) is 19.6 Å². The summed E-state index contributed by atoms with van der Waals surface area (Å²) in [6.07, 6.45) is 5.58. The largest absolute Gasteiger partial charge is 0.495 e. The molecule has 0 spiro atoms. The second kappa shape index (κ2) is 10.3. The molecule has 7 heteroatoms. The first-order valence-corrected chi connectivity index (χ1v) is 11.6. The molecule has 1 N–H and O–H groups in total. The average molecular weight is 463 g/mol. The van der Waals surface area contributed by atoms with Gasteiger partial charge in [0, 0.05) is 63.5 Å². The SMILES string of the molecule is COc1cc(/C=C/C(=O)N2C[C@@H](CN(C)O)[C@H](c3ccccc3)C2)ccc1N1C=C(C)N(C)C1. The normalized spacial score (nSPS) is 20.5. The molecule has 0 aliphatic carbocycles. The lowest BCUT2D eigenvalue weighted by molar-refractivity contribution is -0.125. The fraction of sp³-hybridized carbons (Fsp3) is 0.370. The van der Waals surface area contributed by atoms with E-state index in [-0.39, 0.29) is 17.7 Å². The van der Waals surface area contributed by atoms with Gasteiger partial charge in [0.1, 0.15) is 5.75 Å². The third-order valence-corrected chi connectivity index (χ3v) is 6.72. The summed E-state index contributed by atoms with van der Waals surface area (Å²) in [5.74, 6) is 1.11. The molecule has 1 amide bonds. The summed E-state index contributed by atoms with van der Waals surface area (Å²) >= 11 is 0. The van der Waals surface area contributed by atoms with Crippen LogP contribution >= 0.6 is 0 Å². The summed E-state index contributed by atoms with van der Waals surface area (Å²) in [4.78, 5) is 19.2. The van der Waals surface area contributed by atoms with Crippen LogP contribution in [0.2, 0.25) is 0 Å². The molecule has 0 bridgehead atoms. The number of allylic oxidation sites excluding steroid dienone is 1. The Hall–Kier alpha value is -3.29. The molecule has 2 aromatic rings. The molecule has 180 valence electrons. The number of hydrogen-bond acceptors (Lipinski definition) is 6. The summed E-state index contributed by atoms with van der Waals surface area (Å²) < 4.78 is 5.64. The van der Waals surface area contributed by atoms with Crippen LogP contribution in [-0.2, 0) is 4.79 Å². The number of nitrogens with zero attached hydrogens (tertiary/aromatic N) is 4. The van der Waals surface area contributed by atoms with Gasteiger partial charge in [0.25, 0.3) is 0 Å². The van der Waals surface area contributed by atoms with E-state index >= 15 is 0 Å². The van der Waals surface area contributed by atoms with Gasteiger partial charge in [-0.1, -0.05) is 36.4 Å². The molecule has 2 atom stereocenters. The maximum absolute atomic E-state index is 13.0. The Morgan fingerprint density at radius 2 is 1.97 bits per heavy atom. The molecular formula is C27H34N4O3. The highest BCUT2D eigenvalue weighted by Crippen LogP contribution is 2.34. The average Bonchev–Trinajstić information content (AvgIpc) is 3.40. The van der Waals surface area contributed by atoms with Gasteiger partial charge in [0.05, 0.1) is 19.5 Å². The van der Waals surface area contributed by atoms with E-state index in [1.807, 2.05) is 47.4 Å². The zero-order valence-corrected chi connectivity index (χ0v) is 20.4. The minimum absolute atomic E-state index is 0.0215. The second-order valence-corrected chi connectivity index (χ2v) is 9.20. The van der Waals surface area contributed by atoms with Gasteiger partial charge in [-0.2, -0.15) is 5.06 Å². The van der Waals surface area contributed by atoms with Gasteiger partial charge >= 0.3 is 0 Å². The molecular weight excluding hydrogens is 428 g/mol. The lowest BCUT2D eigenvalue weighted by Gasteiger charge is -2.21. The number of rotatable bonds is 7. The number of carbonyl (C=O) groups excluding carboxylic acids is 1. The van der Waals surface area contributed by atoms with E-state index in [1.165, 1.54) is 16.3 Å². The number of hydroxylamine groups is 2. The zero-order chi connectivity index (χ0) is 24.2. The molecule has 2 aromatic carbocycles. The first kappa shape index (κ1) is 23.9. The summed E-state index contributed by atoms with van der Waals surface area (Å²) in [6, 6.07) is 16.2. The molecule has 0 aromatic heterocycles. The summed E-state index contributed by atoms with van der Waals surface area (Å²) in [5.41, 5.74) is 4.30. The van der Waals surface area contributed by atoms with E-state index in [1.54, 1.807) is 20.2 Å². The van der Waals surface area contributed by atoms with Crippen molar-refractivity contribution in [2.45, 2.75) is 12.8 Å². The Labute approximate surface area is 202 Å². The number of ether oxygens (including phenoxy) is 1. The molecule has 1 fully saturated rings. The fourth-order valence-electron chi connectivity index (χ4n) is 4.81. The van der Waals surface area contributed by atoms with Crippen molar-refractivity contribution in [3.05, 3.63) is 77.6 Å². The molecule has 2 heterocycles. The first-order chi connectivity index (χ1) is 16.4. The number of hydrogen-bond donors (Lipinski definition) is 1. The van der Waals surface area contributed by atoms with Gasteiger partial charge in [-0.3, -0.25) is 4.79 Å². The number of anilines is 1. The van der Waals surface area contributed by atoms with Crippen LogP contribution in [0.25, 0.3) is 6.08 Å². The van der Waals surface area contributed by atoms with Gasteiger partial charge in [-0.25, -0.2) is 0 Å². The zero-order valence-electron chi connectivity index (χ0n) is 20.4. The summed E-state index contributed by atoms with van der Waals surface area (Å²) in [5, 5.41) is 11.0.